The van der Waals surface area contributed by atoms with Gasteiger partial charge in [0.05, 0.1) is 17.0 Å². The molecule has 0 fully saturated rings. The topological polar surface area (TPSA) is 96.2 Å². The van der Waals surface area contributed by atoms with Crippen LogP contribution in [-0.4, -0.2) is 21.0 Å². The summed E-state index contributed by atoms with van der Waals surface area (Å²) in [6, 6.07) is 12.3. The van der Waals surface area contributed by atoms with Gasteiger partial charge < -0.3 is 14.5 Å². The first-order chi connectivity index (χ1) is 11.1. The Morgan fingerprint density at radius 3 is 2.74 bits per heavy atom. The summed E-state index contributed by atoms with van der Waals surface area (Å²) in [5, 5.41) is 9.30. The summed E-state index contributed by atoms with van der Waals surface area (Å²) in [6.07, 6.45) is 1.19. The van der Waals surface area contributed by atoms with Gasteiger partial charge in [0.2, 0.25) is 0 Å². The third-order valence-electron chi connectivity index (χ3n) is 3.04. The molecule has 3 rings (SSSR count). The molecule has 23 heavy (non-hydrogen) atoms. The van der Waals surface area contributed by atoms with Crippen LogP contribution in [0.2, 0.25) is 0 Å². The lowest BCUT2D eigenvalue weighted by molar-refractivity contribution is 0.0696. The maximum Gasteiger partial charge on any atom is 0.338 e. The van der Waals surface area contributed by atoms with E-state index in [2.05, 4.69) is 9.97 Å². The van der Waals surface area contributed by atoms with Gasteiger partial charge in [-0.05, 0) is 6.07 Å². The molecular weight excluding hydrogens is 316 g/mol. The molecule has 1 aromatic carbocycles. The second-order valence-corrected chi connectivity index (χ2v) is 5.66. The van der Waals surface area contributed by atoms with Crippen LogP contribution in [-0.2, 0) is 5.75 Å². The van der Waals surface area contributed by atoms with E-state index in [1.165, 1.54) is 30.2 Å². The number of furan rings is 1. The molecule has 0 unspecified atom stereocenters. The minimum absolute atomic E-state index is 0.0973. The van der Waals surface area contributed by atoms with E-state index in [0.717, 1.165) is 5.56 Å². The lowest BCUT2D eigenvalue weighted by Gasteiger charge is -2.03. The van der Waals surface area contributed by atoms with Crippen LogP contribution in [0.5, 0.6) is 0 Å². The molecule has 0 radical (unpaired) electrons. The van der Waals surface area contributed by atoms with Gasteiger partial charge in [0.25, 0.3) is 5.56 Å². The molecule has 7 heteroatoms. The van der Waals surface area contributed by atoms with Crippen LogP contribution in [0.4, 0.5) is 0 Å². The van der Waals surface area contributed by atoms with Crippen molar-refractivity contribution in [3.63, 3.8) is 0 Å². The molecule has 2 heterocycles. The highest BCUT2D eigenvalue weighted by atomic mass is 32.2. The zero-order chi connectivity index (χ0) is 16.2. The highest BCUT2D eigenvalue weighted by Crippen LogP contribution is 2.22. The third-order valence-corrected chi connectivity index (χ3v) is 3.94. The average Bonchev–Trinajstić information content (AvgIpc) is 3.03. The van der Waals surface area contributed by atoms with Crippen LogP contribution in [0.15, 0.2) is 63.1 Å². The van der Waals surface area contributed by atoms with E-state index in [4.69, 9.17) is 9.52 Å². The standard InChI is InChI=1S/C16H12N2O4S/c19-14-7-13(10-4-2-1-3-5-10)17-16(18-14)23-9-12-6-11(8-22-12)15(20)21/h1-8H,9H2,(H,20,21)(H,17,18,19). The number of hydrogen-bond acceptors (Lipinski definition) is 5. The van der Waals surface area contributed by atoms with Crippen molar-refractivity contribution in [1.29, 1.82) is 0 Å². The fourth-order valence-electron chi connectivity index (χ4n) is 1.97. The molecule has 0 spiro atoms. The van der Waals surface area contributed by atoms with Gasteiger partial charge in [-0.15, -0.1) is 0 Å². The van der Waals surface area contributed by atoms with Crippen LogP contribution < -0.4 is 5.56 Å². The number of nitrogens with one attached hydrogen (secondary N) is 1. The van der Waals surface area contributed by atoms with E-state index >= 15 is 0 Å². The fraction of sp³-hybridized carbons (Fsp3) is 0.0625. The SMILES string of the molecule is O=C(O)c1coc(CSc2nc(-c3ccccc3)cc(=O)[nH]2)c1. The summed E-state index contributed by atoms with van der Waals surface area (Å²) in [7, 11) is 0. The van der Waals surface area contributed by atoms with Gasteiger partial charge in [0.1, 0.15) is 12.0 Å². The maximum atomic E-state index is 11.8. The lowest BCUT2D eigenvalue weighted by Crippen LogP contribution is -2.08. The number of benzene rings is 1. The van der Waals surface area contributed by atoms with Crippen molar-refractivity contribution in [1.82, 2.24) is 9.97 Å². The maximum absolute atomic E-state index is 11.8. The van der Waals surface area contributed by atoms with E-state index in [1.54, 1.807) is 0 Å². The summed E-state index contributed by atoms with van der Waals surface area (Å²) in [6.45, 7) is 0. The number of aromatic nitrogens is 2. The van der Waals surface area contributed by atoms with Gasteiger partial charge in [-0.3, -0.25) is 4.79 Å². The minimum Gasteiger partial charge on any atom is -0.478 e. The Morgan fingerprint density at radius 1 is 1.26 bits per heavy atom. The van der Waals surface area contributed by atoms with Crippen LogP contribution in [0, 0.1) is 0 Å². The number of thioether (sulfide) groups is 1. The van der Waals surface area contributed by atoms with Crippen molar-refractivity contribution in [3.8, 4) is 11.3 Å². The van der Waals surface area contributed by atoms with Gasteiger partial charge in [-0.25, -0.2) is 9.78 Å². The average molecular weight is 328 g/mol. The highest BCUT2D eigenvalue weighted by molar-refractivity contribution is 7.98. The molecule has 0 atom stereocenters. The Bertz CT molecular complexity index is 886. The monoisotopic (exact) mass is 328 g/mol. The smallest absolute Gasteiger partial charge is 0.338 e. The van der Waals surface area contributed by atoms with Crippen molar-refractivity contribution < 1.29 is 14.3 Å². The predicted octanol–water partition coefficient (Wildman–Crippen LogP) is 3.02. The van der Waals surface area contributed by atoms with Gasteiger partial charge in [-0.1, -0.05) is 42.1 Å². The molecule has 0 saturated heterocycles. The van der Waals surface area contributed by atoms with Crippen molar-refractivity contribution in [2.75, 3.05) is 0 Å². The molecule has 2 N–H and O–H groups in total. The van der Waals surface area contributed by atoms with Crippen LogP contribution >= 0.6 is 11.8 Å². The van der Waals surface area contributed by atoms with E-state index in [9.17, 15) is 9.59 Å². The number of carboxylic acid groups (broad SMARTS) is 1. The molecule has 3 aromatic rings. The summed E-state index contributed by atoms with van der Waals surface area (Å²) in [5.41, 5.74) is 1.29. The second kappa shape index (κ2) is 6.53. The number of aromatic amines is 1. The number of hydrogen-bond donors (Lipinski definition) is 2. The molecular formula is C16H12N2O4S. The number of aromatic carboxylic acids is 1. The number of rotatable bonds is 5. The molecule has 0 amide bonds. The number of H-pyrrole nitrogens is 1. The van der Waals surface area contributed by atoms with Crippen molar-refractivity contribution in [2.45, 2.75) is 10.9 Å². The van der Waals surface area contributed by atoms with Crippen molar-refractivity contribution in [2.24, 2.45) is 0 Å². The van der Waals surface area contributed by atoms with Gasteiger partial charge in [0.15, 0.2) is 5.16 Å². The van der Waals surface area contributed by atoms with Crippen LogP contribution in [0.25, 0.3) is 11.3 Å². The first-order valence-corrected chi connectivity index (χ1v) is 7.70. The molecule has 0 aliphatic carbocycles. The fourth-order valence-corrected chi connectivity index (χ4v) is 2.73. The van der Waals surface area contributed by atoms with Gasteiger partial charge in [-0.2, -0.15) is 0 Å². The quantitative estimate of drug-likeness (QED) is 0.552. The Kier molecular flexibility index (Phi) is 4.29. The van der Waals surface area contributed by atoms with E-state index in [1.807, 2.05) is 30.3 Å². The summed E-state index contributed by atoms with van der Waals surface area (Å²) in [5.74, 6) is -0.170. The Hall–Kier alpha value is -2.80. The zero-order valence-electron chi connectivity index (χ0n) is 11.9. The number of nitrogens with zero attached hydrogens (tertiary/aromatic N) is 1. The minimum atomic E-state index is -1.04. The first kappa shape index (κ1) is 15.1. The summed E-state index contributed by atoms with van der Waals surface area (Å²) in [4.78, 5) is 29.7. The number of carbonyl (C=O) groups is 1. The predicted molar refractivity (Wildman–Crippen MR) is 85.5 cm³/mol. The van der Waals surface area contributed by atoms with E-state index < -0.39 is 5.97 Å². The van der Waals surface area contributed by atoms with Crippen LogP contribution in [0.1, 0.15) is 16.1 Å². The molecule has 6 nitrogen and oxygen atoms in total. The number of carboxylic acids is 1. The zero-order valence-corrected chi connectivity index (χ0v) is 12.7. The Morgan fingerprint density at radius 2 is 2.04 bits per heavy atom. The van der Waals surface area contributed by atoms with Crippen molar-refractivity contribution >= 4 is 17.7 Å². The van der Waals surface area contributed by atoms with E-state index in [0.29, 0.717) is 22.4 Å². The van der Waals surface area contributed by atoms with Crippen LogP contribution in [0.3, 0.4) is 0 Å². The third kappa shape index (κ3) is 3.70. The van der Waals surface area contributed by atoms with Gasteiger partial charge in [0, 0.05) is 11.6 Å². The Labute approximate surface area is 135 Å². The summed E-state index contributed by atoms with van der Waals surface area (Å²) < 4.78 is 5.17. The molecule has 0 aliphatic heterocycles. The molecule has 116 valence electrons. The Balaban J connectivity index is 1.79. The molecule has 0 aliphatic rings. The largest absolute Gasteiger partial charge is 0.478 e. The lowest BCUT2D eigenvalue weighted by atomic mass is 10.1. The molecule has 0 saturated carbocycles. The van der Waals surface area contributed by atoms with Gasteiger partial charge >= 0.3 is 5.97 Å². The molecule has 2 aromatic heterocycles. The van der Waals surface area contributed by atoms with Crippen molar-refractivity contribution in [3.05, 3.63) is 70.4 Å². The first-order valence-electron chi connectivity index (χ1n) is 6.72. The molecule has 0 bridgehead atoms. The second-order valence-electron chi connectivity index (χ2n) is 4.70. The highest BCUT2D eigenvalue weighted by Gasteiger charge is 2.10. The van der Waals surface area contributed by atoms with E-state index in [-0.39, 0.29) is 11.1 Å². The summed E-state index contributed by atoms with van der Waals surface area (Å²) >= 11 is 1.27. The normalized spacial score (nSPS) is 10.6.